The second kappa shape index (κ2) is 7.95. The Morgan fingerprint density at radius 3 is 1.81 bits per heavy atom. The lowest BCUT2D eigenvalue weighted by molar-refractivity contribution is -0.133. The third-order valence-electron chi connectivity index (χ3n) is 5.61. The van der Waals surface area contributed by atoms with Gasteiger partial charge in [-0.05, 0) is 36.8 Å². The molecule has 0 radical (unpaired) electrons. The fraction of sp³-hybridized carbons (Fsp3) is 0.391. The minimum atomic E-state index is -0.307. The fourth-order valence-electron chi connectivity index (χ4n) is 3.90. The van der Waals surface area contributed by atoms with Crippen LogP contribution in [0.25, 0.3) is 0 Å². The van der Waals surface area contributed by atoms with Gasteiger partial charge in [0.05, 0.1) is 5.92 Å². The molecule has 140 valence electrons. The van der Waals surface area contributed by atoms with Crippen molar-refractivity contribution < 1.29 is 9.59 Å². The summed E-state index contributed by atoms with van der Waals surface area (Å²) in [6, 6.07) is 20.0. The first-order valence-corrected chi connectivity index (χ1v) is 9.91. The van der Waals surface area contributed by atoms with Crippen molar-refractivity contribution >= 4 is 11.8 Å². The molecule has 4 heteroatoms. The van der Waals surface area contributed by atoms with Gasteiger partial charge in [-0.3, -0.25) is 9.59 Å². The number of likely N-dealkylation sites (tertiary alicyclic amines) is 1. The Hall–Kier alpha value is -2.62. The summed E-state index contributed by atoms with van der Waals surface area (Å²) in [5.74, 6) is 0.320. The molecule has 1 saturated carbocycles. The molecule has 4 nitrogen and oxygen atoms in total. The first-order valence-electron chi connectivity index (χ1n) is 9.91. The largest absolute Gasteiger partial charge is 0.352 e. The third-order valence-corrected chi connectivity index (χ3v) is 5.61. The molecule has 0 atom stereocenters. The highest BCUT2D eigenvalue weighted by Gasteiger charge is 2.35. The number of carbonyl (C=O) groups is 2. The maximum Gasteiger partial charge on any atom is 0.232 e. The quantitative estimate of drug-likeness (QED) is 0.887. The molecule has 1 N–H and O–H groups in total. The number of benzene rings is 2. The highest BCUT2D eigenvalue weighted by Crippen LogP contribution is 2.32. The van der Waals surface area contributed by atoms with E-state index >= 15 is 0 Å². The Balaban J connectivity index is 1.43. The molecule has 4 rings (SSSR count). The van der Waals surface area contributed by atoms with Crippen molar-refractivity contribution in [2.45, 2.75) is 37.6 Å². The van der Waals surface area contributed by atoms with Gasteiger partial charge in [0.2, 0.25) is 11.8 Å². The van der Waals surface area contributed by atoms with Gasteiger partial charge in [-0.2, -0.15) is 0 Å². The van der Waals surface area contributed by atoms with Crippen molar-refractivity contribution in [3.05, 3.63) is 71.8 Å². The van der Waals surface area contributed by atoms with Crippen LogP contribution >= 0.6 is 0 Å². The standard InChI is InChI=1S/C23H26N2O2/c26-22(24-20-13-15-25(16-14-20)23(27)19-11-12-19)21(17-7-3-1-4-8-17)18-9-5-2-6-10-18/h1-10,19-21H,11-16H2,(H,24,26). The SMILES string of the molecule is O=C(NC1CCN(C(=O)C2CC2)CC1)C(c1ccccc1)c1ccccc1. The topological polar surface area (TPSA) is 49.4 Å². The number of piperidine rings is 1. The Morgan fingerprint density at radius 1 is 0.815 bits per heavy atom. The van der Waals surface area contributed by atoms with E-state index in [-0.39, 0.29) is 23.8 Å². The van der Waals surface area contributed by atoms with E-state index in [4.69, 9.17) is 0 Å². The average molecular weight is 362 g/mol. The lowest BCUT2D eigenvalue weighted by atomic mass is 9.90. The third kappa shape index (κ3) is 4.21. The second-order valence-electron chi connectivity index (χ2n) is 7.64. The Morgan fingerprint density at radius 2 is 1.33 bits per heavy atom. The zero-order chi connectivity index (χ0) is 18.6. The number of rotatable bonds is 5. The molecular formula is C23H26N2O2. The summed E-state index contributed by atoms with van der Waals surface area (Å²) >= 11 is 0. The van der Waals surface area contributed by atoms with Crippen LogP contribution in [0.3, 0.4) is 0 Å². The number of nitrogens with one attached hydrogen (secondary N) is 1. The van der Waals surface area contributed by atoms with Crippen LogP contribution in [0.5, 0.6) is 0 Å². The summed E-state index contributed by atoms with van der Waals surface area (Å²) in [6.07, 6.45) is 3.76. The number of nitrogens with zero attached hydrogens (tertiary/aromatic N) is 1. The molecule has 2 aromatic carbocycles. The maximum absolute atomic E-state index is 13.2. The van der Waals surface area contributed by atoms with E-state index in [0.717, 1.165) is 49.9 Å². The molecule has 2 fully saturated rings. The number of carbonyl (C=O) groups excluding carboxylic acids is 2. The van der Waals surface area contributed by atoms with Crippen LogP contribution in [-0.2, 0) is 9.59 Å². The van der Waals surface area contributed by atoms with Gasteiger partial charge < -0.3 is 10.2 Å². The molecule has 1 aliphatic carbocycles. The predicted molar refractivity (Wildman–Crippen MR) is 105 cm³/mol. The van der Waals surface area contributed by atoms with Crippen LogP contribution < -0.4 is 5.32 Å². The van der Waals surface area contributed by atoms with Crippen molar-refractivity contribution in [2.24, 2.45) is 5.92 Å². The van der Waals surface area contributed by atoms with Crippen LogP contribution in [0.4, 0.5) is 0 Å². The minimum Gasteiger partial charge on any atom is -0.352 e. The van der Waals surface area contributed by atoms with Crippen molar-refractivity contribution in [3.63, 3.8) is 0 Å². The summed E-state index contributed by atoms with van der Waals surface area (Å²) < 4.78 is 0. The van der Waals surface area contributed by atoms with Gasteiger partial charge in [-0.1, -0.05) is 60.7 Å². The van der Waals surface area contributed by atoms with E-state index in [9.17, 15) is 9.59 Å². The zero-order valence-corrected chi connectivity index (χ0v) is 15.5. The molecule has 2 amide bonds. The molecule has 1 aliphatic heterocycles. The van der Waals surface area contributed by atoms with Gasteiger partial charge >= 0.3 is 0 Å². The van der Waals surface area contributed by atoms with Crippen molar-refractivity contribution in [1.82, 2.24) is 10.2 Å². The van der Waals surface area contributed by atoms with E-state index in [1.165, 1.54) is 0 Å². The van der Waals surface area contributed by atoms with Gasteiger partial charge in [-0.25, -0.2) is 0 Å². The molecule has 1 saturated heterocycles. The molecule has 0 aromatic heterocycles. The molecule has 1 heterocycles. The molecule has 2 aromatic rings. The van der Waals surface area contributed by atoms with E-state index in [1.807, 2.05) is 65.6 Å². The molecule has 0 unspecified atom stereocenters. The van der Waals surface area contributed by atoms with Crippen LogP contribution in [-0.4, -0.2) is 35.8 Å². The number of hydrogen-bond acceptors (Lipinski definition) is 2. The van der Waals surface area contributed by atoms with Crippen molar-refractivity contribution in [3.8, 4) is 0 Å². The van der Waals surface area contributed by atoms with E-state index in [0.29, 0.717) is 5.91 Å². The van der Waals surface area contributed by atoms with Gasteiger partial charge in [-0.15, -0.1) is 0 Å². The molecule has 0 bridgehead atoms. The maximum atomic E-state index is 13.2. The van der Waals surface area contributed by atoms with Gasteiger partial charge in [0, 0.05) is 25.0 Å². The first kappa shape index (κ1) is 17.8. The van der Waals surface area contributed by atoms with Crippen LogP contribution in [0.15, 0.2) is 60.7 Å². The smallest absolute Gasteiger partial charge is 0.232 e. The minimum absolute atomic E-state index is 0.0411. The van der Waals surface area contributed by atoms with E-state index < -0.39 is 0 Å². The van der Waals surface area contributed by atoms with Crippen molar-refractivity contribution in [1.29, 1.82) is 0 Å². The summed E-state index contributed by atoms with van der Waals surface area (Å²) in [5.41, 5.74) is 2.00. The van der Waals surface area contributed by atoms with Crippen LogP contribution in [0.2, 0.25) is 0 Å². The fourth-order valence-corrected chi connectivity index (χ4v) is 3.90. The molecule has 2 aliphatic rings. The molecule has 0 spiro atoms. The normalized spacial score (nSPS) is 17.7. The Labute approximate surface area is 160 Å². The number of amides is 2. The second-order valence-corrected chi connectivity index (χ2v) is 7.64. The Kier molecular flexibility index (Phi) is 5.23. The molecule has 27 heavy (non-hydrogen) atoms. The average Bonchev–Trinajstić information content (AvgIpc) is 3.55. The predicted octanol–water partition coefficient (Wildman–Crippen LogP) is 3.34. The van der Waals surface area contributed by atoms with Gasteiger partial charge in [0.1, 0.15) is 0 Å². The highest BCUT2D eigenvalue weighted by atomic mass is 16.2. The van der Waals surface area contributed by atoms with E-state index in [2.05, 4.69) is 5.32 Å². The lowest BCUT2D eigenvalue weighted by Gasteiger charge is -2.33. The van der Waals surface area contributed by atoms with E-state index in [1.54, 1.807) is 0 Å². The summed E-state index contributed by atoms with van der Waals surface area (Å²) in [5, 5.41) is 3.24. The summed E-state index contributed by atoms with van der Waals surface area (Å²) in [6.45, 7) is 1.50. The Bertz CT molecular complexity index is 739. The van der Waals surface area contributed by atoms with Gasteiger partial charge in [0.15, 0.2) is 0 Å². The van der Waals surface area contributed by atoms with Crippen LogP contribution in [0, 0.1) is 5.92 Å². The lowest BCUT2D eigenvalue weighted by Crippen LogP contribution is -2.48. The first-order chi connectivity index (χ1) is 13.2. The summed E-state index contributed by atoms with van der Waals surface area (Å²) in [7, 11) is 0. The zero-order valence-electron chi connectivity index (χ0n) is 15.5. The van der Waals surface area contributed by atoms with Gasteiger partial charge in [0.25, 0.3) is 0 Å². The van der Waals surface area contributed by atoms with Crippen molar-refractivity contribution in [2.75, 3.05) is 13.1 Å². The van der Waals surface area contributed by atoms with Crippen LogP contribution in [0.1, 0.15) is 42.7 Å². The summed E-state index contributed by atoms with van der Waals surface area (Å²) in [4.78, 5) is 27.3. The number of hydrogen-bond donors (Lipinski definition) is 1. The molecular weight excluding hydrogens is 336 g/mol. The highest BCUT2D eigenvalue weighted by molar-refractivity contribution is 5.87. The monoisotopic (exact) mass is 362 g/mol.